The number of carbonyl (C=O) groups excluding carboxylic acids is 1. The predicted octanol–water partition coefficient (Wildman–Crippen LogP) is 2.92. The standard InChI is InChI=1S/C19H17ClN2O4S/c1-26-15(23)10-21-16-13-4-2-3-5-14(13)27-17(16)18(24)22(19(21)25)12-8-6-11(20)7-9-12/h6-9H,2-5,10H2,1H3. The molecule has 0 radical (unpaired) electrons. The van der Waals surface area contributed by atoms with Gasteiger partial charge in [-0.15, -0.1) is 11.3 Å². The van der Waals surface area contributed by atoms with Gasteiger partial charge in [-0.2, -0.15) is 0 Å². The van der Waals surface area contributed by atoms with E-state index in [1.807, 2.05) is 0 Å². The van der Waals surface area contributed by atoms with Crippen LogP contribution in [0.1, 0.15) is 23.3 Å². The van der Waals surface area contributed by atoms with Crippen molar-refractivity contribution in [1.29, 1.82) is 0 Å². The minimum atomic E-state index is -0.550. The first-order valence-electron chi connectivity index (χ1n) is 8.64. The summed E-state index contributed by atoms with van der Waals surface area (Å²) in [6, 6.07) is 6.48. The number of benzene rings is 1. The van der Waals surface area contributed by atoms with Crippen molar-refractivity contribution in [2.24, 2.45) is 0 Å². The average molecular weight is 405 g/mol. The fourth-order valence-electron chi connectivity index (χ4n) is 3.54. The third-order valence-electron chi connectivity index (χ3n) is 4.83. The van der Waals surface area contributed by atoms with Crippen molar-refractivity contribution in [3.05, 3.63) is 60.6 Å². The summed E-state index contributed by atoms with van der Waals surface area (Å²) in [6.07, 6.45) is 3.76. The zero-order valence-electron chi connectivity index (χ0n) is 14.7. The molecule has 0 atom stereocenters. The molecule has 0 spiro atoms. The van der Waals surface area contributed by atoms with E-state index in [-0.39, 0.29) is 12.1 Å². The highest BCUT2D eigenvalue weighted by Crippen LogP contribution is 2.34. The van der Waals surface area contributed by atoms with E-state index in [1.54, 1.807) is 24.3 Å². The first kappa shape index (κ1) is 18.0. The van der Waals surface area contributed by atoms with Crippen LogP contribution in [0.15, 0.2) is 33.9 Å². The number of nitrogens with zero attached hydrogens (tertiary/aromatic N) is 2. The number of esters is 1. The molecule has 0 N–H and O–H groups in total. The minimum Gasteiger partial charge on any atom is -0.468 e. The van der Waals surface area contributed by atoms with E-state index < -0.39 is 11.7 Å². The van der Waals surface area contributed by atoms with E-state index >= 15 is 0 Å². The van der Waals surface area contributed by atoms with E-state index in [9.17, 15) is 14.4 Å². The van der Waals surface area contributed by atoms with Crippen LogP contribution in [0, 0.1) is 0 Å². The van der Waals surface area contributed by atoms with Crippen molar-refractivity contribution in [2.75, 3.05) is 7.11 Å². The van der Waals surface area contributed by atoms with Gasteiger partial charge in [-0.25, -0.2) is 9.36 Å². The molecule has 0 saturated heterocycles. The van der Waals surface area contributed by atoms with Crippen molar-refractivity contribution in [1.82, 2.24) is 9.13 Å². The lowest BCUT2D eigenvalue weighted by Gasteiger charge is -2.15. The summed E-state index contributed by atoms with van der Waals surface area (Å²) in [5, 5.41) is 0.509. The lowest BCUT2D eigenvalue weighted by atomic mass is 9.98. The van der Waals surface area contributed by atoms with Gasteiger partial charge in [0.1, 0.15) is 11.2 Å². The molecule has 1 aliphatic rings. The highest BCUT2D eigenvalue weighted by molar-refractivity contribution is 7.19. The van der Waals surface area contributed by atoms with Crippen LogP contribution in [0.5, 0.6) is 0 Å². The molecule has 0 bridgehead atoms. The van der Waals surface area contributed by atoms with Crippen LogP contribution in [0.2, 0.25) is 5.02 Å². The fourth-order valence-corrected chi connectivity index (χ4v) is 4.99. The average Bonchev–Trinajstić information content (AvgIpc) is 3.06. The van der Waals surface area contributed by atoms with Gasteiger partial charge in [0, 0.05) is 9.90 Å². The van der Waals surface area contributed by atoms with Crippen LogP contribution in [0.25, 0.3) is 15.9 Å². The van der Waals surface area contributed by atoms with Gasteiger partial charge in [0.15, 0.2) is 0 Å². The van der Waals surface area contributed by atoms with Gasteiger partial charge in [-0.1, -0.05) is 11.6 Å². The first-order chi connectivity index (χ1) is 13.0. The Hall–Kier alpha value is -2.38. The lowest BCUT2D eigenvalue weighted by molar-refractivity contribution is -0.141. The number of fused-ring (bicyclic) bond motifs is 3. The number of hydrogen-bond acceptors (Lipinski definition) is 5. The molecule has 1 aromatic carbocycles. The largest absolute Gasteiger partial charge is 0.468 e. The molecular weight excluding hydrogens is 388 g/mol. The second-order valence-electron chi connectivity index (χ2n) is 6.45. The maximum Gasteiger partial charge on any atom is 0.336 e. The number of halogens is 1. The molecule has 1 aliphatic carbocycles. The number of ether oxygens (including phenoxy) is 1. The number of hydrogen-bond donors (Lipinski definition) is 0. The summed E-state index contributed by atoms with van der Waals surface area (Å²) in [4.78, 5) is 39.5. The quantitative estimate of drug-likeness (QED) is 0.629. The molecule has 0 unspecified atom stereocenters. The van der Waals surface area contributed by atoms with Gasteiger partial charge >= 0.3 is 11.7 Å². The normalized spacial score (nSPS) is 13.6. The topological polar surface area (TPSA) is 70.3 Å². The molecule has 0 aliphatic heterocycles. The molecule has 0 saturated carbocycles. The van der Waals surface area contributed by atoms with Gasteiger partial charge in [0.05, 0.1) is 18.3 Å². The molecule has 0 fully saturated rings. The van der Waals surface area contributed by atoms with Crippen LogP contribution >= 0.6 is 22.9 Å². The minimum absolute atomic E-state index is 0.233. The molecule has 8 heteroatoms. The summed E-state index contributed by atoms with van der Waals surface area (Å²) in [5.41, 5.74) is 1.11. The van der Waals surface area contributed by atoms with Crippen LogP contribution in [0.4, 0.5) is 0 Å². The third-order valence-corrected chi connectivity index (χ3v) is 6.35. The van der Waals surface area contributed by atoms with Crippen LogP contribution < -0.4 is 11.2 Å². The second-order valence-corrected chi connectivity index (χ2v) is 7.99. The third kappa shape index (κ3) is 3.00. The van der Waals surface area contributed by atoms with Crippen molar-refractivity contribution in [3.63, 3.8) is 0 Å². The number of carbonyl (C=O) groups is 1. The summed E-state index contributed by atoms with van der Waals surface area (Å²) >= 11 is 7.36. The Morgan fingerprint density at radius 2 is 1.89 bits per heavy atom. The molecule has 0 amide bonds. The SMILES string of the molecule is COC(=O)Cn1c(=O)n(-c2ccc(Cl)cc2)c(=O)c2sc3c(c21)CCCC3. The predicted molar refractivity (Wildman–Crippen MR) is 105 cm³/mol. The van der Waals surface area contributed by atoms with E-state index in [4.69, 9.17) is 16.3 Å². The zero-order chi connectivity index (χ0) is 19.1. The summed E-state index contributed by atoms with van der Waals surface area (Å²) in [5.74, 6) is -0.532. The van der Waals surface area contributed by atoms with Crippen molar-refractivity contribution < 1.29 is 9.53 Å². The zero-order valence-corrected chi connectivity index (χ0v) is 16.2. The summed E-state index contributed by atoms with van der Waals surface area (Å²) in [7, 11) is 1.28. The maximum absolute atomic E-state index is 13.2. The molecule has 2 aromatic heterocycles. The molecule has 3 aromatic rings. The fraction of sp³-hybridized carbons (Fsp3) is 0.316. The number of rotatable bonds is 3. The van der Waals surface area contributed by atoms with Crippen molar-refractivity contribution >= 4 is 39.1 Å². The molecule has 6 nitrogen and oxygen atoms in total. The number of methoxy groups -OCH3 is 1. The monoisotopic (exact) mass is 404 g/mol. The van der Waals surface area contributed by atoms with E-state index in [2.05, 4.69) is 0 Å². The highest BCUT2D eigenvalue weighted by atomic mass is 35.5. The van der Waals surface area contributed by atoms with Gasteiger partial charge in [-0.3, -0.25) is 14.2 Å². The van der Waals surface area contributed by atoms with E-state index in [1.165, 1.54) is 23.0 Å². The summed E-state index contributed by atoms with van der Waals surface area (Å²) in [6.45, 7) is -0.233. The Morgan fingerprint density at radius 3 is 2.59 bits per heavy atom. The molecule has 2 heterocycles. The second kappa shape index (κ2) is 6.98. The Labute approximate surface area is 163 Å². The Kier molecular flexibility index (Phi) is 4.65. The van der Waals surface area contributed by atoms with Crippen LogP contribution in [0.3, 0.4) is 0 Å². The van der Waals surface area contributed by atoms with Gasteiger partial charge in [-0.05, 0) is 55.5 Å². The Bertz CT molecular complexity index is 1160. The maximum atomic E-state index is 13.2. The number of aryl methyl sites for hydroxylation is 2. The smallest absolute Gasteiger partial charge is 0.336 e. The van der Waals surface area contributed by atoms with E-state index in [0.717, 1.165) is 40.7 Å². The summed E-state index contributed by atoms with van der Waals surface area (Å²) < 4.78 is 7.74. The van der Waals surface area contributed by atoms with Gasteiger partial charge < -0.3 is 4.74 Å². The van der Waals surface area contributed by atoms with Crippen LogP contribution in [-0.2, 0) is 28.9 Å². The molecular formula is C19H17ClN2O4S. The van der Waals surface area contributed by atoms with Gasteiger partial charge in [0.2, 0.25) is 0 Å². The van der Waals surface area contributed by atoms with Crippen molar-refractivity contribution in [3.8, 4) is 5.69 Å². The molecule has 4 rings (SSSR count). The van der Waals surface area contributed by atoms with E-state index in [0.29, 0.717) is 20.9 Å². The van der Waals surface area contributed by atoms with Crippen LogP contribution in [-0.4, -0.2) is 22.2 Å². The Balaban J connectivity index is 2.08. The lowest BCUT2D eigenvalue weighted by Crippen LogP contribution is -2.40. The first-order valence-corrected chi connectivity index (χ1v) is 9.83. The molecule has 140 valence electrons. The Morgan fingerprint density at radius 1 is 1.19 bits per heavy atom. The molecule has 27 heavy (non-hydrogen) atoms. The van der Waals surface area contributed by atoms with Crippen molar-refractivity contribution in [2.45, 2.75) is 32.2 Å². The van der Waals surface area contributed by atoms with Gasteiger partial charge in [0.25, 0.3) is 5.56 Å². The number of thiophene rings is 1. The number of aromatic nitrogens is 2. The highest BCUT2D eigenvalue weighted by Gasteiger charge is 2.25.